The molecule has 2 aromatic carbocycles. The molecule has 8 heteroatoms. The molecule has 0 spiro atoms. The molecule has 0 saturated heterocycles. The summed E-state index contributed by atoms with van der Waals surface area (Å²) in [5.74, 6) is -0.706. The average Bonchev–Trinajstić information content (AvgIpc) is 3.33. The fourth-order valence-electron chi connectivity index (χ4n) is 3.35. The van der Waals surface area contributed by atoms with Crippen LogP contribution in [0, 0.1) is 0 Å². The molecule has 2 atom stereocenters. The molecule has 2 unspecified atom stereocenters. The first-order valence-electron chi connectivity index (χ1n) is 9.99. The lowest BCUT2D eigenvalue weighted by Crippen LogP contribution is -2.36. The molecule has 3 rings (SSSR count). The van der Waals surface area contributed by atoms with Gasteiger partial charge in [-0.2, -0.15) is 11.3 Å². The zero-order valence-corrected chi connectivity index (χ0v) is 18.1. The summed E-state index contributed by atoms with van der Waals surface area (Å²) in [5.41, 5.74) is 15.2. The number of nitrogens with one attached hydrogen (secondary N) is 3. The van der Waals surface area contributed by atoms with E-state index in [0.29, 0.717) is 35.5 Å². The maximum absolute atomic E-state index is 13.0. The summed E-state index contributed by atoms with van der Waals surface area (Å²) in [7, 11) is 1.73. The SMILES string of the molecule is CNC(NC(=O)c1ccsc1)c1cc(NC(=O)C(CCN)c2ccccc2)ccc1N. The third kappa shape index (κ3) is 5.69. The number of thiophene rings is 1. The molecule has 0 bridgehead atoms. The van der Waals surface area contributed by atoms with Crippen LogP contribution in [-0.2, 0) is 4.79 Å². The monoisotopic (exact) mass is 437 g/mol. The molecule has 7 nitrogen and oxygen atoms in total. The van der Waals surface area contributed by atoms with E-state index in [1.807, 2.05) is 35.7 Å². The average molecular weight is 438 g/mol. The molecule has 7 N–H and O–H groups in total. The first-order chi connectivity index (χ1) is 15.0. The summed E-state index contributed by atoms with van der Waals surface area (Å²) >= 11 is 1.45. The zero-order chi connectivity index (χ0) is 22.2. The first-order valence-corrected chi connectivity index (χ1v) is 10.9. The van der Waals surface area contributed by atoms with Crippen LogP contribution in [0.4, 0.5) is 11.4 Å². The summed E-state index contributed by atoms with van der Waals surface area (Å²) in [6, 6.07) is 16.6. The molecule has 2 amide bonds. The second kappa shape index (κ2) is 10.7. The van der Waals surface area contributed by atoms with Crippen LogP contribution in [0.25, 0.3) is 0 Å². The van der Waals surface area contributed by atoms with Crippen LogP contribution in [0.15, 0.2) is 65.4 Å². The summed E-state index contributed by atoms with van der Waals surface area (Å²) in [6.07, 6.45) is 0.0197. The Morgan fingerprint density at radius 1 is 1.10 bits per heavy atom. The van der Waals surface area contributed by atoms with Gasteiger partial charge in [0.05, 0.1) is 11.5 Å². The van der Waals surface area contributed by atoms with Crippen molar-refractivity contribution in [2.75, 3.05) is 24.6 Å². The Bertz CT molecular complexity index is 1010. The van der Waals surface area contributed by atoms with Gasteiger partial charge in [0.1, 0.15) is 6.17 Å². The number of hydrogen-bond donors (Lipinski definition) is 5. The van der Waals surface area contributed by atoms with Crippen molar-refractivity contribution < 1.29 is 9.59 Å². The van der Waals surface area contributed by atoms with Gasteiger partial charge in [0.25, 0.3) is 5.91 Å². The minimum Gasteiger partial charge on any atom is -0.398 e. The second-order valence-electron chi connectivity index (χ2n) is 7.08. The highest BCUT2D eigenvalue weighted by atomic mass is 32.1. The number of carbonyl (C=O) groups is 2. The van der Waals surface area contributed by atoms with Gasteiger partial charge in [-0.05, 0) is 55.2 Å². The van der Waals surface area contributed by atoms with Gasteiger partial charge >= 0.3 is 0 Å². The predicted octanol–water partition coefficient (Wildman–Crippen LogP) is 3.05. The maximum atomic E-state index is 13.0. The summed E-state index contributed by atoms with van der Waals surface area (Å²) in [6.45, 7) is 0.399. The van der Waals surface area contributed by atoms with Gasteiger partial charge in [-0.1, -0.05) is 30.3 Å². The minimum atomic E-state index is -0.516. The molecule has 0 saturated carbocycles. The number of hydrogen-bond acceptors (Lipinski definition) is 6. The molecule has 162 valence electrons. The lowest BCUT2D eigenvalue weighted by molar-refractivity contribution is -0.117. The van der Waals surface area contributed by atoms with Crippen molar-refractivity contribution in [1.82, 2.24) is 10.6 Å². The third-order valence-electron chi connectivity index (χ3n) is 4.99. The molecule has 0 aliphatic carbocycles. The molecule has 0 fully saturated rings. The third-order valence-corrected chi connectivity index (χ3v) is 5.67. The topological polar surface area (TPSA) is 122 Å². The zero-order valence-electron chi connectivity index (χ0n) is 17.3. The highest BCUT2D eigenvalue weighted by Gasteiger charge is 2.21. The quantitative estimate of drug-likeness (QED) is 0.260. The van der Waals surface area contributed by atoms with E-state index < -0.39 is 6.17 Å². The number of nitrogen functional groups attached to an aromatic ring is 1. The van der Waals surface area contributed by atoms with Crippen molar-refractivity contribution >= 4 is 34.5 Å². The Kier molecular flexibility index (Phi) is 7.77. The number of amides is 2. The molecule has 1 aromatic heterocycles. The van der Waals surface area contributed by atoms with Crippen LogP contribution in [-0.4, -0.2) is 25.4 Å². The van der Waals surface area contributed by atoms with Crippen LogP contribution in [0.5, 0.6) is 0 Å². The van der Waals surface area contributed by atoms with Crippen molar-refractivity contribution in [2.45, 2.75) is 18.5 Å². The van der Waals surface area contributed by atoms with E-state index in [9.17, 15) is 9.59 Å². The molecule has 31 heavy (non-hydrogen) atoms. The highest BCUT2D eigenvalue weighted by Crippen LogP contribution is 2.26. The fraction of sp³-hybridized carbons (Fsp3) is 0.217. The molecule has 1 heterocycles. The summed E-state index contributed by atoms with van der Waals surface area (Å²) < 4.78 is 0. The van der Waals surface area contributed by atoms with Gasteiger partial charge in [0.15, 0.2) is 0 Å². The van der Waals surface area contributed by atoms with Gasteiger partial charge in [-0.25, -0.2) is 0 Å². The van der Waals surface area contributed by atoms with Crippen molar-refractivity contribution in [1.29, 1.82) is 0 Å². The Hall–Kier alpha value is -3.20. The van der Waals surface area contributed by atoms with Gasteiger partial charge in [0, 0.05) is 22.3 Å². The Morgan fingerprint density at radius 2 is 1.87 bits per heavy atom. The van der Waals surface area contributed by atoms with Crippen LogP contribution >= 0.6 is 11.3 Å². The lowest BCUT2D eigenvalue weighted by atomic mass is 9.94. The van der Waals surface area contributed by atoms with E-state index in [4.69, 9.17) is 11.5 Å². The second-order valence-corrected chi connectivity index (χ2v) is 7.86. The molecule has 3 aromatic rings. The van der Waals surface area contributed by atoms with Crippen molar-refractivity contribution in [3.05, 3.63) is 82.0 Å². The molecule has 0 radical (unpaired) electrons. The fourth-order valence-corrected chi connectivity index (χ4v) is 3.98. The van der Waals surface area contributed by atoms with Crippen molar-refractivity contribution in [3.8, 4) is 0 Å². The normalized spacial score (nSPS) is 12.7. The Balaban J connectivity index is 1.79. The number of carbonyl (C=O) groups excluding carboxylic acids is 2. The predicted molar refractivity (Wildman–Crippen MR) is 126 cm³/mol. The maximum Gasteiger partial charge on any atom is 0.253 e. The number of anilines is 2. The van der Waals surface area contributed by atoms with E-state index in [1.165, 1.54) is 11.3 Å². The first kappa shape index (κ1) is 22.5. The van der Waals surface area contributed by atoms with E-state index >= 15 is 0 Å². The smallest absolute Gasteiger partial charge is 0.253 e. The largest absolute Gasteiger partial charge is 0.398 e. The summed E-state index contributed by atoms with van der Waals surface area (Å²) in [5, 5.41) is 12.6. The molecular formula is C23H27N5O2S. The van der Waals surface area contributed by atoms with Crippen LogP contribution < -0.4 is 27.4 Å². The van der Waals surface area contributed by atoms with E-state index in [2.05, 4.69) is 16.0 Å². The standard InChI is InChI=1S/C23H27N5O2S/c1-26-21(28-22(29)16-10-12-31-14-16)19-13-17(7-8-20(19)25)27-23(30)18(9-11-24)15-5-3-2-4-6-15/h2-8,10,12-14,18,21,26H,9,11,24-25H2,1H3,(H,27,30)(H,28,29). The molecule has 0 aliphatic rings. The Morgan fingerprint density at radius 3 is 2.52 bits per heavy atom. The van der Waals surface area contributed by atoms with Crippen LogP contribution in [0.2, 0.25) is 0 Å². The molecular weight excluding hydrogens is 410 g/mol. The van der Waals surface area contributed by atoms with Crippen LogP contribution in [0.1, 0.15) is 40.0 Å². The minimum absolute atomic E-state index is 0.143. The van der Waals surface area contributed by atoms with E-state index in [0.717, 1.165) is 5.56 Å². The number of rotatable bonds is 9. The summed E-state index contributed by atoms with van der Waals surface area (Å²) in [4.78, 5) is 25.5. The van der Waals surface area contributed by atoms with Gasteiger partial charge in [0.2, 0.25) is 5.91 Å². The van der Waals surface area contributed by atoms with Gasteiger partial charge in [-0.15, -0.1) is 0 Å². The highest BCUT2D eigenvalue weighted by molar-refractivity contribution is 7.08. The van der Waals surface area contributed by atoms with Gasteiger partial charge in [-0.3, -0.25) is 14.9 Å². The van der Waals surface area contributed by atoms with Crippen molar-refractivity contribution in [3.63, 3.8) is 0 Å². The van der Waals surface area contributed by atoms with Crippen LogP contribution in [0.3, 0.4) is 0 Å². The lowest BCUT2D eigenvalue weighted by Gasteiger charge is -2.22. The van der Waals surface area contributed by atoms with Crippen molar-refractivity contribution in [2.24, 2.45) is 5.73 Å². The number of nitrogens with two attached hydrogens (primary N) is 2. The van der Waals surface area contributed by atoms with Gasteiger partial charge < -0.3 is 22.1 Å². The van der Waals surface area contributed by atoms with E-state index in [-0.39, 0.29) is 17.7 Å². The Labute approximate surface area is 185 Å². The number of benzene rings is 2. The van der Waals surface area contributed by atoms with E-state index in [1.54, 1.807) is 36.7 Å². The molecule has 0 aliphatic heterocycles.